The predicted octanol–water partition coefficient (Wildman–Crippen LogP) is 2.02. The molecule has 2 atom stereocenters. The van der Waals surface area contributed by atoms with Crippen molar-refractivity contribution in [2.45, 2.75) is 57.5 Å². The van der Waals surface area contributed by atoms with Gasteiger partial charge in [0.2, 0.25) is 0 Å². The van der Waals surface area contributed by atoms with Crippen molar-refractivity contribution >= 4 is 0 Å². The number of nitrogens with one attached hydrogen (secondary N) is 1. The Kier molecular flexibility index (Phi) is 4.83. The van der Waals surface area contributed by atoms with Crippen LogP contribution in [0.15, 0.2) is 0 Å². The number of nitrogens with zero attached hydrogens (tertiary/aromatic N) is 1. The first-order valence-corrected chi connectivity index (χ1v) is 7.36. The monoisotopic (exact) mass is 240 g/mol. The summed E-state index contributed by atoms with van der Waals surface area (Å²) >= 11 is 0. The van der Waals surface area contributed by atoms with Crippen LogP contribution in [-0.4, -0.2) is 49.3 Å². The summed E-state index contributed by atoms with van der Waals surface area (Å²) in [6, 6.07) is 0.658. The van der Waals surface area contributed by atoms with Crippen LogP contribution in [0.3, 0.4) is 0 Å². The summed E-state index contributed by atoms with van der Waals surface area (Å²) in [6.45, 7) is 9.93. The highest BCUT2D eigenvalue weighted by atomic mass is 16.5. The average molecular weight is 240 g/mol. The lowest BCUT2D eigenvalue weighted by Crippen LogP contribution is -2.60. The maximum atomic E-state index is 5.45. The summed E-state index contributed by atoms with van der Waals surface area (Å²) in [4.78, 5) is 2.74. The lowest BCUT2D eigenvalue weighted by Gasteiger charge is -2.47. The lowest BCUT2D eigenvalue weighted by molar-refractivity contribution is 0.0555. The van der Waals surface area contributed by atoms with Crippen molar-refractivity contribution in [3.63, 3.8) is 0 Å². The van der Waals surface area contributed by atoms with Crippen molar-refractivity contribution in [1.82, 2.24) is 10.2 Å². The summed E-state index contributed by atoms with van der Waals surface area (Å²) in [5.74, 6) is 0. The van der Waals surface area contributed by atoms with Crippen molar-refractivity contribution in [2.75, 3.05) is 32.8 Å². The second-order valence-corrected chi connectivity index (χ2v) is 5.52. The van der Waals surface area contributed by atoms with Crippen LogP contribution < -0.4 is 5.32 Å². The fourth-order valence-corrected chi connectivity index (χ4v) is 3.69. The molecule has 2 saturated heterocycles. The van der Waals surface area contributed by atoms with E-state index in [1.807, 2.05) is 0 Å². The molecule has 17 heavy (non-hydrogen) atoms. The summed E-state index contributed by atoms with van der Waals surface area (Å²) < 4.78 is 5.45. The Balaban J connectivity index is 1.87. The van der Waals surface area contributed by atoms with Gasteiger partial charge in [-0.15, -0.1) is 0 Å². The third-order valence-electron chi connectivity index (χ3n) is 4.63. The van der Waals surface area contributed by atoms with E-state index in [9.17, 15) is 0 Å². The Morgan fingerprint density at radius 1 is 1.35 bits per heavy atom. The van der Waals surface area contributed by atoms with Crippen LogP contribution in [-0.2, 0) is 4.74 Å². The van der Waals surface area contributed by atoms with Crippen molar-refractivity contribution in [1.29, 1.82) is 0 Å². The van der Waals surface area contributed by atoms with Gasteiger partial charge in [-0.05, 0) is 59.0 Å². The highest BCUT2D eigenvalue weighted by molar-refractivity contribution is 5.04. The fourth-order valence-electron chi connectivity index (χ4n) is 3.69. The van der Waals surface area contributed by atoms with E-state index in [1.54, 1.807) is 0 Å². The first kappa shape index (κ1) is 13.3. The van der Waals surface area contributed by atoms with E-state index in [4.69, 9.17) is 4.74 Å². The third kappa shape index (κ3) is 2.83. The second-order valence-electron chi connectivity index (χ2n) is 5.52. The summed E-state index contributed by atoms with van der Waals surface area (Å²) in [6.07, 6.45) is 6.67. The van der Waals surface area contributed by atoms with Gasteiger partial charge in [0.25, 0.3) is 0 Å². The number of ether oxygens (including phenoxy) is 1. The smallest absolute Gasteiger partial charge is 0.0478 e. The average Bonchev–Trinajstić information content (AvgIpc) is 2.73. The molecule has 0 bridgehead atoms. The Bertz CT molecular complexity index is 234. The maximum Gasteiger partial charge on any atom is 0.0478 e. The molecule has 2 unspecified atom stereocenters. The molecule has 1 spiro atoms. The molecule has 2 aliphatic rings. The van der Waals surface area contributed by atoms with Crippen LogP contribution in [0.2, 0.25) is 0 Å². The van der Waals surface area contributed by atoms with Gasteiger partial charge in [0, 0.05) is 31.3 Å². The van der Waals surface area contributed by atoms with Crippen molar-refractivity contribution in [3.05, 3.63) is 0 Å². The zero-order chi connectivity index (χ0) is 12.1. The van der Waals surface area contributed by atoms with E-state index in [0.717, 1.165) is 13.2 Å². The van der Waals surface area contributed by atoms with E-state index in [2.05, 4.69) is 24.1 Å². The fraction of sp³-hybridized carbons (Fsp3) is 1.00. The largest absolute Gasteiger partial charge is 0.382 e. The number of piperidine rings is 1. The second kappa shape index (κ2) is 6.17. The summed E-state index contributed by atoms with van der Waals surface area (Å²) in [5.41, 5.74) is 0.463. The maximum absolute atomic E-state index is 5.45. The predicted molar refractivity (Wildman–Crippen MR) is 71.3 cm³/mol. The van der Waals surface area contributed by atoms with Crippen LogP contribution in [0, 0.1) is 0 Å². The van der Waals surface area contributed by atoms with E-state index in [0.29, 0.717) is 11.6 Å². The molecule has 0 aromatic heterocycles. The SMILES string of the molecule is CCOCCCN1CCCC12CCCNC2C. The molecule has 0 saturated carbocycles. The van der Waals surface area contributed by atoms with Crippen molar-refractivity contribution in [2.24, 2.45) is 0 Å². The molecule has 0 aliphatic carbocycles. The van der Waals surface area contributed by atoms with E-state index >= 15 is 0 Å². The van der Waals surface area contributed by atoms with Gasteiger partial charge >= 0.3 is 0 Å². The lowest BCUT2D eigenvalue weighted by atomic mass is 9.81. The molecular formula is C14H28N2O. The Hall–Kier alpha value is -0.120. The molecule has 100 valence electrons. The van der Waals surface area contributed by atoms with Crippen LogP contribution in [0.5, 0.6) is 0 Å². The van der Waals surface area contributed by atoms with Gasteiger partial charge in [0.15, 0.2) is 0 Å². The topological polar surface area (TPSA) is 24.5 Å². The molecule has 2 rings (SSSR count). The Morgan fingerprint density at radius 3 is 2.94 bits per heavy atom. The molecule has 3 nitrogen and oxygen atoms in total. The van der Waals surface area contributed by atoms with Crippen molar-refractivity contribution in [3.8, 4) is 0 Å². The molecule has 2 fully saturated rings. The Labute approximate surface area is 106 Å². The normalized spacial score (nSPS) is 34.6. The van der Waals surface area contributed by atoms with Crippen LogP contribution >= 0.6 is 0 Å². The van der Waals surface area contributed by atoms with Crippen LogP contribution in [0.25, 0.3) is 0 Å². The number of hydrogen-bond acceptors (Lipinski definition) is 3. The van der Waals surface area contributed by atoms with Gasteiger partial charge in [0.1, 0.15) is 0 Å². The number of rotatable bonds is 5. The number of likely N-dealkylation sites (tertiary alicyclic amines) is 1. The molecule has 2 aliphatic heterocycles. The highest BCUT2D eigenvalue weighted by Crippen LogP contribution is 2.38. The molecule has 0 aromatic carbocycles. The Morgan fingerprint density at radius 2 is 2.18 bits per heavy atom. The molecular weight excluding hydrogens is 212 g/mol. The highest BCUT2D eigenvalue weighted by Gasteiger charge is 2.45. The molecule has 1 N–H and O–H groups in total. The summed E-state index contributed by atoms with van der Waals surface area (Å²) in [7, 11) is 0. The van der Waals surface area contributed by atoms with Gasteiger partial charge in [-0.3, -0.25) is 4.90 Å². The first-order valence-electron chi connectivity index (χ1n) is 7.36. The molecule has 3 heteroatoms. The standard InChI is InChI=1S/C14H28N2O/c1-3-17-12-6-11-16-10-5-8-14(16)7-4-9-15-13(14)2/h13,15H,3-12H2,1-2H3. The van der Waals surface area contributed by atoms with E-state index in [1.165, 1.54) is 51.7 Å². The minimum absolute atomic E-state index is 0.463. The van der Waals surface area contributed by atoms with Gasteiger partial charge in [-0.25, -0.2) is 0 Å². The quantitative estimate of drug-likeness (QED) is 0.744. The molecule has 0 amide bonds. The number of hydrogen-bond donors (Lipinski definition) is 1. The minimum atomic E-state index is 0.463. The minimum Gasteiger partial charge on any atom is -0.382 e. The van der Waals surface area contributed by atoms with Crippen LogP contribution in [0.1, 0.15) is 46.0 Å². The molecule has 0 aromatic rings. The van der Waals surface area contributed by atoms with Gasteiger partial charge in [0.05, 0.1) is 0 Å². The molecule has 2 heterocycles. The third-order valence-corrected chi connectivity index (χ3v) is 4.63. The zero-order valence-electron chi connectivity index (χ0n) is 11.5. The molecule has 0 radical (unpaired) electrons. The van der Waals surface area contributed by atoms with Crippen LogP contribution in [0.4, 0.5) is 0 Å². The van der Waals surface area contributed by atoms with Gasteiger partial charge in [-0.1, -0.05) is 0 Å². The van der Waals surface area contributed by atoms with Crippen molar-refractivity contribution < 1.29 is 4.74 Å². The summed E-state index contributed by atoms with van der Waals surface area (Å²) in [5, 5.41) is 3.67. The van der Waals surface area contributed by atoms with Gasteiger partial charge < -0.3 is 10.1 Å². The first-order chi connectivity index (χ1) is 8.29. The zero-order valence-corrected chi connectivity index (χ0v) is 11.5. The van der Waals surface area contributed by atoms with Gasteiger partial charge in [-0.2, -0.15) is 0 Å². The van der Waals surface area contributed by atoms with E-state index in [-0.39, 0.29) is 0 Å². The van der Waals surface area contributed by atoms with E-state index < -0.39 is 0 Å².